The van der Waals surface area contributed by atoms with E-state index in [-0.39, 0.29) is 5.82 Å². The minimum Gasteiger partial charge on any atom is -0.303 e. The number of hydrogen-bond acceptors (Lipinski definition) is 1. The van der Waals surface area contributed by atoms with Gasteiger partial charge in [0.1, 0.15) is 12.1 Å². The van der Waals surface area contributed by atoms with Crippen LogP contribution in [0.2, 0.25) is 0 Å². The second-order valence-electron chi connectivity index (χ2n) is 3.89. The molecule has 0 saturated carbocycles. The average Bonchev–Trinajstić information content (AvgIpc) is 2.37. The van der Waals surface area contributed by atoms with Gasteiger partial charge in [0.2, 0.25) is 0 Å². The van der Waals surface area contributed by atoms with E-state index in [1.54, 1.807) is 6.07 Å². The first-order chi connectivity index (χ1) is 8.31. The maximum Gasteiger partial charge on any atom is 0.131 e. The van der Waals surface area contributed by atoms with E-state index in [1.807, 2.05) is 36.4 Å². The molecule has 0 aliphatic rings. The fourth-order valence-electron chi connectivity index (χ4n) is 1.79. The molecule has 0 aromatic heterocycles. The molecule has 0 aliphatic carbocycles. The van der Waals surface area contributed by atoms with Crippen LogP contribution in [-0.2, 0) is 11.2 Å². The van der Waals surface area contributed by atoms with Gasteiger partial charge in [-0.15, -0.1) is 0 Å². The van der Waals surface area contributed by atoms with Crippen LogP contribution in [0.3, 0.4) is 0 Å². The van der Waals surface area contributed by atoms with E-state index in [2.05, 4.69) is 0 Å². The van der Waals surface area contributed by atoms with Crippen LogP contribution in [0.25, 0.3) is 11.1 Å². The van der Waals surface area contributed by atoms with E-state index < -0.39 is 0 Å². The van der Waals surface area contributed by atoms with Gasteiger partial charge in [0.25, 0.3) is 0 Å². The molecule has 17 heavy (non-hydrogen) atoms. The number of benzene rings is 2. The first kappa shape index (κ1) is 11.5. The van der Waals surface area contributed by atoms with E-state index in [1.165, 1.54) is 6.07 Å². The van der Waals surface area contributed by atoms with Gasteiger partial charge in [-0.2, -0.15) is 0 Å². The van der Waals surface area contributed by atoms with E-state index in [0.717, 1.165) is 17.4 Å². The van der Waals surface area contributed by atoms with E-state index in [4.69, 9.17) is 0 Å². The van der Waals surface area contributed by atoms with Crippen molar-refractivity contribution in [1.82, 2.24) is 0 Å². The molecule has 2 rings (SSSR count). The van der Waals surface area contributed by atoms with Gasteiger partial charge in [0, 0.05) is 12.0 Å². The van der Waals surface area contributed by atoms with Gasteiger partial charge in [-0.25, -0.2) is 4.39 Å². The molecule has 2 aromatic rings. The van der Waals surface area contributed by atoms with Gasteiger partial charge in [0.15, 0.2) is 0 Å². The summed E-state index contributed by atoms with van der Waals surface area (Å²) in [4.78, 5) is 10.3. The van der Waals surface area contributed by atoms with Crippen LogP contribution in [0.5, 0.6) is 0 Å². The predicted octanol–water partition coefficient (Wildman–Crippen LogP) is 3.62. The van der Waals surface area contributed by atoms with Crippen molar-refractivity contribution < 1.29 is 9.18 Å². The van der Waals surface area contributed by atoms with Gasteiger partial charge < -0.3 is 4.79 Å². The highest BCUT2D eigenvalue weighted by Crippen LogP contribution is 2.23. The van der Waals surface area contributed by atoms with E-state index >= 15 is 0 Å². The standard InChI is InChI=1S/C15H13FO/c16-15-11-12(5-4-10-17)8-9-14(15)13-6-2-1-3-7-13/h1-3,6-11H,4-5H2. The summed E-state index contributed by atoms with van der Waals surface area (Å²) < 4.78 is 13.9. The highest BCUT2D eigenvalue weighted by Gasteiger charge is 2.05. The van der Waals surface area contributed by atoms with Crippen molar-refractivity contribution >= 4 is 6.29 Å². The summed E-state index contributed by atoms with van der Waals surface area (Å²) in [6.07, 6.45) is 1.88. The Hall–Kier alpha value is -1.96. The van der Waals surface area contributed by atoms with Gasteiger partial charge in [0.05, 0.1) is 0 Å². The molecule has 0 aliphatic heterocycles. The monoisotopic (exact) mass is 228 g/mol. The Balaban J connectivity index is 2.29. The number of aldehydes is 1. The predicted molar refractivity (Wildman–Crippen MR) is 66.2 cm³/mol. The molecule has 0 unspecified atom stereocenters. The number of rotatable bonds is 4. The van der Waals surface area contributed by atoms with Crippen LogP contribution in [0.4, 0.5) is 4.39 Å². The largest absolute Gasteiger partial charge is 0.303 e. The summed E-state index contributed by atoms with van der Waals surface area (Å²) in [6.45, 7) is 0. The van der Waals surface area contributed by atoms with Crippen molar-refractivity contribution in [3.05, 3.63) is 59.9 Å². The first-order valence-corrected chi connectivity index (χ1v) is 5.59. The molecule has 2 aromatic carbocycles. The third-order valence-electron chi connectivity index (χ3n) is 2.67. The summed E-state index contributed by atoms with van der Waals surface area (Å²) >= 11 is 0. The number of hydrogen-bond donors (Lipinski definition) is 0. The summed E-state index contributed by atoms with van der Waals surface area (Å²) in [5.74, 6) is -0.236. The van der Waals surface area contributed by atoms with Gasteiger partial charge in [-0.3, -0.25) is 0 Å². The number of carbonyl (C=O) groups excluding carboxylic acids is 1. The molecular formula is C15H13FO. The van der Waals surface area contributed by atoms with Crippen molar-refractivity contribution in [3.8, 4) is 11.1 Å². The van der Waals surface area contributed by atoms with Crippen LogP contribution in [0.15, 0.2) is 48.5 Å². The molecular weight excluding hydrogens is 215 g/mol. The molecule has 2 heteroatoms. The Morgan fingerprint density at radius 3 is 2.47 bits per heavy atom. The highest BCUT2D eigenvalue weighted by atomic mass is 19.1. The number of aryl methyl sites for hydroxylation is 1. The summed E-state index contributed by atoms with van der Waals surface area (Å²) in [5, 5.41) is 0. The molecule has 0 amide bonds. The lowest BCUT2D eigenvalue weighted by Gasteiger charge is -2.05. The molecule has 0 atom stereocenters. The van der Waals surface area contributed by atoms with Crippen molar-refractivity contribution in [2.75, 3.05) is 0 Å². The highest BCUT2D eigenvalue weighted by molar-refractivity contribution is 5.64. The summed E-state index contributed by atoms with van der Waals surface area (Å²) in [7, 11) is 0. The topological polar surface area (TPSA) is 17.1 Å². The zero-order chi connectivity index (χ0) is 12.1. The number of carbonyl (C=O) groups is 1. The Bertz CT molecular complexity index is 506. The average molecular weight is 228 g/mol. The maximum absolute atomic E-state index is 13.9. The Morgan fingerprint density at radius 2 is 1.82 bits per heavy atom. The minimum absolute atomic E-state index is 0.236. The van der Waals surface area contributed by atoms with E-state index in [0.29, 0.717) is 18.4 Å². The van der Waals surface area contributed by atoms with Crippen LogP contribution in [0, 0.1) is 5.82 Å². The maximum atomic E-state index is 13.9. The minimum atomic E-state index is -0.236. The van der Waals surface area contributed by atoms with Gasteiger partial charge >= 0.3 is 0 Å². The van der Waals surface area contributed by atoms with Crippen LogP contribution < -0.4 is 0 Å². The molecule has 0 radical (unpaired) electrons. The Kier molecular flexibility index (Phi) is 3.66. The third-order valence-corrected chi connectivity index (χ3v) is 2.67. The Morgan fingerprint density at radius 1 is 1.06 bits per heavy atom. The van der Waals surface area contributed by atoms with Crippen molar-refractivity contribution in [2.24, 2.45) is 0 Å². The molecule has 0 saturated heterocycles. The molecule has 0 heterocycles. The molecule has 0 spiro atoms. The molecule has 0 N–H and O–H groups in total. The molecule has 86 valence electrons. The fraction of sp³-hybridized carbons (Fsp3) is 0.133. The van der Waals surface area contributed by atoms with Crippen molar-refractivity contribution in [3.63, 3.8) is 0 Å². The van der Waals surface area contributed by atoms with Crippen molar-refractivity contribution in [2.45, 2.75) is 12.8 Å². The quantitative estimate of drug-likeness (QED) is 0.730. The molecule has 1 nitrogen and oxygen atoms in total. The third kappa shape index (κ3) is 2.78. The molecule has 0 bridgehead atoms. The van der Waals surface area contributed by atoms with Crippen LogP contribution in [0.1, 0.15) is 12.0 Å². The lowest BCUT2D eigenvalue weighted by Crippen LogP contribution is -1.90. The van der Waals surface area contributed by atoms with Gasteiger partial charge in [-0.05, 0) is 23.6 Å². The lowest BCUT2D eigenvalue weighted by atomic mass is 10.0. The summed E-state index contributed by atoms with van der Waals surface area (Å²) in [6, 6.07) is 14.6. The smallest absolute Gasteiger partial charge is 0.131 e. The normalized spacial score (nSPS) is 10.2. The number of halogens is 1. The first-order valence-electron chi connectivity index (χ1n) is 5.59. The molecule has 0 fully saturated rings. The second-order valence-corrected chi connectivity index (χ2v) is 3.89. The SMILES string of the molecule is O=CCCc1ccc(-c2ccccc2)c(F)c1. The zero-order valence-corrected chi connectivity index (χ0v) is 9.40. The zero-order valence-electron chi connectivity index (χ0n) is 9.40. The van der Waals surface area contributed by atoms with Crippen LogP contribution >= 0.6 is 0 Å². The Labute approximate surface area is 99.9 Å². The fourth-order valence-corrected chi connectivity index (χ4v) is 1.79. The second kappa shape index (κ2) is 5.39. The van der Waals surface area contributed by atoms with E-state index in [9.17, 15) is 9.18 Å². The lowest BCUT2D eigenvalue weighted by molar-refractivity contribution is -0.107. The van der Waals surface area contributed by atoms with Gasteiger partial charge in [-0.1, -0.05) is 42.5 Å². The summed E-state index contributed by atoms with van der Waals surface area (Å²) in [5.41, 5.74) is 2.32. The van der Waals surface area contributed by atoms with Crippen molar-refractivity contribution in [1.29, 1.82) is 0 Å². The van der Waals surface area contributed by atoms with Crippen LogP contribution in [-0.4, -0.2) is 6.29 Å².